The van der Waals surface area contributed by atoms with E-state index in [9.17, 15) is 79.2 Å². The van der Waals surface area contributed by atoms with Crippen LogP contribution in [0.4, 0.5) is 0 Å². The van der Waals surface area contributed by atoms with Gasteiger partial charge in [-0.25, -0.2) is 38.4 Å². The highest BCUT2D eigenvalue weighted by atomic mass is 16.6. The van der Waals surface area contributed by atoms with E-state index >= 15 is 0 Å². The zero-order valence-corrected chi connectivity index (χ0v) is 58.4. The molecular weight excluding hydrogens is 1410 g/mol. The number of rotatable bonds is 54. The molecule has 32 heteroatoms. The molecule has 580 valence electrons. The molecule has 0 fully saturated rings. The zero-order valence-electron chi connectivity index (χ0n) is 58.4. The van der Waals surface area contributed by atoms with Crippen molar-refractivity contribution in [3.8, 4) is 46.0 Å². The van der Waals surface area contributed by atoms with Gasteiger partial charge in [0.05, 0.1) is 0 Å². The lowest BCUT2D eigenvalue weighted by atomic mass is 9.78. The third-order valence-electron chi connectivity index (χ3n) is 13.9. The molecule has 107 heavy (non-hydrogen) atoms. The minimum atomic E-state index is -1.48. The first kappa shape index (κ1) is 88.0. The van der Waals surface area contributed by atoms with Crippen LogP contribution in [0.5, 0.6) is 46.0 Å². The van der Waals surface area contributed by atoms with Crippen molar-refractivity contribution in [1.82, 2.24) is 0 Å². The van der Waals surface area contributed by atoms with Gasteiger partial charge in [0.1, 0.15) is 201 Å². The standard InChI is InChI=1S/C75H88O32/c1-9-68(84)100-38-50(76)30-92-58-17-46(18-59(25-58)93-31-51(77)39-101-69(85)10-2)66(47-19-60(94-32-52(78)40-102-70(86)11-3)26-61(20-47)95-33-53(79)41-103-71(87)12-4)29-67(48-21-62(96-34-54(80)42-104-72(88)13-5)27-63(22-48)97-35-55(81)43-105-73(89)14-6)49-23-64(98-36-56(82)44-106-74(90)15-7)28-65(24-49)99-37-57(83)45-107-75(91)16-8/h9-28,50-57,66-67,76-83H,1-8,29-45H2. The summed E-state index contributed by atoms with van der Waals surface area (Å²) in [6.07, 6.45) is -5.17. The Kier molecular flexibility index (Phi) is 39.4. The van der Waals surface area contributed by atoms with E-state index in [1.807, 2.05) is 0 Å². The highest BCUT2D eigenvalue weighted by Crippen LogP contribution is 2.46. The van der Waals surface area contributed by atoms with Gasteiger partial charge >= 0.3 is 47.8 Å². The first-order chi connectivity index (χ1) is 51.2. The van der Waals surface area contributed by atoms with E-state index in [4.69, 9.17) is 75.8 Å². The van der Waals surface area contributed by atoms with Crippen LogP contribution in [0.25, 0.3) is 0 Å². The van der Waals surface area contributed by atoms with Crippen LogP contribution in [0.1, 0.15) is 40.5 Å². The Hall–Kier alpha value is -11.4. The van der Waals surface area contributed by atoms with E-state index < -0.39 is 214 Å². The second-order valence-corrected chi connectivity index (χ2v) is 22.7. The first-order valence-electron chi connectivity index (χ1n) is 32.6. The molecule has 0 radical (unpaired) electrons. The number of carbonyl (C=O) groups excluding carboxylic acids is 8. The molecule has 8 unspecified atom stereocenters. The fraction of sp³-hybridized carbons (Fsp3) is 0.360. The second kappa shape index (κ2) is 47.9. The molecule has 32 nitrogen and oxygen atoms in total. The van der Waals surface area contributed by atoms with E-state index in [1.54, 1.807) is 0 Å². The lowest BCUT2D eigenvalue weighted by Gasteiger charge is -2.29. The molecule has 0 aliphatic carbocycles. The van der Waals surface area contributed by atoms with Gasteiger partial charge in [-0.2, -0.15) is 0 Å². The Morgan fingerprint density at radius 3 is 0.458 bits per heavy atom. The fourth-order valence-corrected chi connectivity index (χ4v) is 8.83. The Morgan fingerprint density at radius 1 is 0.224 bits per heavy atom. The molecule has 0 aliphatic heterocycles. The van der Waals surface area contributed by atoms with Gasteiger partial charge in [0.25, 0.3) is 0 Å². The van der Waals surface area contributed by atoms with E-state index in [0.717, 1.165) is 48.6 Å². The molecule has 8 N–H and O–H groups in total. The summed E-state index contributed by atoms with van der Waals surface area (Å²) in [6.45, 7) is 17.8. The topological polar surface area (TPSA) is 446 Å². The summed E-state index contributed by atoms with van der Waals surface area (Å²) in [5.74, 6) is -9.89. The smallest absolute Gasteiger partial charge is 0.330 e. The molecule has 0 saturated carbocycles. The van der Waals surface area contributed by atoms with Crippen molar-refractivity contribution in [3.63, 3.8) is 0 Å². The highest BCUT2D eigenvalue weighted by Gasteiger charge is 2.30. The van der Waals surface area contributed by atoms with E-state index in [1.165, 1.54) is 72.8 Å². The maximum absolute atomic E-state index is 12.1. The summed E-state index contributed by atoms with van der Waals surface area (Å²) in [4.78, 5) is 96.7. The third-order valence-corrected chi connectivity index (χ3v) is 13.9. The summed E-state index contributed by atoms with van der Waals surface area (Å²) in [6, 6.07) is 17.4. The normalized spacial score (nSPS) is 13.5. The van der Waals surface area contributed by atoms with Crippen LogP contribution >= 0.6 is 0 Å². The quantitative estimate of drug-likeness (QED) is 0.0179. The van der Waals surface area contributed by atoms with Crippen LogP contribution in [0.3, 0.4) is 0 Å². The molecule has 0 saturated heterocycles. The van der Waals surface area contributed by atoms with Crippen LogP contribution in [-0.2, 0) is 76.3 Å². The van der Waals surface area contributed by atoms with Crippen molar-refractivity contribution >= 4 is 47.8 Å². The van der Waals surface area contributed by atoms with Gasteiger partial charge in [0.2, 0.25) is 0 Å². The summed E-state index contributed by atoms with van der Waals surface area (Å²) >= 11 is 0. The number of aliphatic hydroxyl groups is 8. The van der Waals surface area contributed by atoms with Gasteiger partial charge in [-0.1, -0.05) is 52.6 Å². The number of hydrogen-bond donors (Lipinski definition) is 8. The van der Waals surface area contributed by atoms with Crippen molar-refractivity contribution in [1.29, 1.82) is 0 Å². The second-order valence-electron chi connectivity index (χ2n) is 22.7. The highest BCUT2D eigenvalue weighted by molar-refractivity contribution is 5.83. The van der Waals surface area contributed by atoms with Gasteiger partial charge < -0.3 is 117 Å². The molecule has 8 atom stereocenters. The molecule has 0 amide bonds. The van der Waals surface area contributed by atoms with Crippen molar-refractivity contribution in [2.45, 2.75) is 67.1 Å². The Morgan fingerprint density at radius 2 is 0.346 bits per heavy atom. The van der Waals surface area contributed by atoms with Crippen LogP contribution in [0, 0.1) is 0 Å². The first-order valence-corrected chi connectivity index (χ1v) is 32.6. The minimum absolute atomic E-state index is 0.0690. The van der Waals surface area contributed by atoms with Crippen molar-refractivity contribution in [2.24, 2.45) is 0 Å². The predicted molar refractivity (Wildman–Crippen MR) is 375 cm³/mol. The number of carbonyl (C=O) groups is 8. The Labute approximate surface area is 615 Å². The van der Waals surface area contributed by atoms with Crippen molar-refractivity contribution in [2.75, 3.05) is 106 Å². The SMILES string of the molecule is C=CC(=O)OCC(O)COc1cc(OCC(O)COC(=O)C=C)cc(C(CC(c2cc(OCC(O)COC(=O)C=C)cc(OCC(O)COC(=O)C=C)c2)c2cc(OCC(O)COC(=O)C=C)cc(OCC(O)COC(=O)C=C)c2)c2cc(OCC(O)COC(=O)C=C)cc(OCC(O)COC(=O)C=C)c2)c1. The molecule has 4 aromatic rings. The summed E-state index contributed by atoms with van der Waals surface area (Å²) in [7, 11) is 0. The van der Waals surface area contributed by atoms with Crippen LogP contribution in [-0.4, -0.2) is 243 Å². The molecule has 4 rings (SSSR count). The number of ether oxygens (including phenoxy) is 16. The molecular formula is C75H88O32. The molecule has 4 aromatic carbocycles. The van der Waals surface area contributed by atoms with Crippen molar-refractivity contribution in [3.05, 3.63) is 196 Å². The number of benzene rings is 4. The van der Waals surface area contributed by atoms with E-state index in [-0.39, 0.29) is 74.7 Å². The third kappa shape index (κ3) is 34.9. The maximum atomic E-state index is 12.1. The Bertz CT molecular complexity index is 2990. The van der Waals surface area contributed by atoms with Gasteiger partial charge in [0, 0.05) is 84.7 Å². The summed E-state index contributed by atoms with van der Waals surface area (Å²) < 4.78 is 89.9. The van der Waals surface area contributed by atoms with Gasteiger partial charge in [-0.05, 0) is 77.2 Å². The van der Waals surface area contributed by atoms with Crippen LogP contribution < -0.4 is 37.9 Å². The zero-order chi connectivity index (χ0) is 78.8. The lowest BCUT2D eigenvalue weighted by molar-refractivity contribution is -0.142. The molecule has 0 aromatic heterocycles. The van der Waals surface area contributed by atoms with E-state index in [0.29, 0.717) is 0 Å². The lowest BCUT2D eigenvalue weighted by Crippen LogP contribution is -2.26. The minimum Gasteiger partial charge on any atom is -0.491 e. The van der Waals surface area contributed by atoms with Gasteiger partial charge in [0.15, 0.2) is 0 Å². The summed E-state index contributed by atoms with van der Waals surface area (Å²) in [5.41, 5.74) is 0.815. The molecule has 0 aliphatic rings. The number of hydrogen-bond acceptors (Lipinski definition) is 32. The fourth-order valence-electron chi connectivity index (χ4n) is 8.83. The van der Waals surface area contributed by atoms with Gasteiger partial charge in [-0.3, -0.25) is 0 Å². The molecule has 0 heterocycles. The molecule has 0 spiro atoms. The summed E-state index contributed by atoms with van der Waals surface area (Å²) in [5, 5.41) is 88.6. The number of esters is 8. The average Bonchev–Trinajstić information content (AvgIpc) is 0.784. The van der Waals surface area contributed by atoms with Crippen LogP contribution in [0.2, 0.25) is 0 Å². The molecule has 0 bridgehead atoms. The number of aliphatic hydroxyl groups excluding tert-OH is 8. The Balaban J connectivity index is 2.27. The predicted octanol–water partition coefficient (Wildman–Crippen LogP) is 2.79. The van der Waals surface area contributed by atoms with Crippen LogP contribution in [0.15, 0.2) is 174 Å². The van der Waals surface area contributed by atoms with Gasteiger partial charge in [-0.15, -0.1) is 0 Å². The average molecular weight is 1500 g/mol. The van der Waals surface area contributed by atoms with E-state index in [2.05, 4.69) is 52.6 Å². The monoisotopic (exact) mass is 1500 g/mol. The van der Waals surface area contributed by atoms with Crippen molar-refractivity contribution < 1.29 is 155 Å². The maximum Gasteiger partial charge on any atom is 0.330 e. The largest absolute Gasteiger partial charge is 0.491 e.